The highest BCUT2D eigenvalue weighted by atomic mass is 35.5. The van der Waals surface area contributed by atoms with Gasteiger partial charge in [0.25, 0.3) is 5.69 Å². The summed E-state index contributed by atoms with van der Waals surface area (Å²) in [6.45, 7) is 3.07. The fourth-order valence-electron chi connectivity index (χ4n) is 4.20. The lowest BCUT2D eigenvalue weighted by Gasteiger charge is -2.34. The predicted molar refractivity (Wildman–Crippen MR) is 159 cm³/mol. The van der Waals surface area contributed by atoms with Crippen LogP contribution in [-0.4, -0.2) is 54.9 Å². The molecule has 0 aliphatic rings. The molecule has 3 aromatic carbocycles. The Hall–Kier alpha value is -3.96. The third-order valence-corrected chi connectivity index (χ3v) is 7.90. The minimum Gasteiger partial charge on any atom is -0.352 e. The zero-order valence-corrected chi connectivity index (χ0v) is 24.6. The lowest BCUT2D eigenvalue weighted by Crippen LogP contribution is -2.54. The van der Waals surface area contributed by atoms with E-state index in [0.29, 0.717) is 17.0 Å². The molecular formula is C29H33ClN4O6S. The number of halogens is 1. The summed E-state index contributed by atoms with van der Waals surface area (Å²) in [6, 6.07) is 19.9. The van der Waals surface area contributed by atoms with E-state index in [1.165, 1.54) is 23.1 Å². The SMILES string of the molecule is CC[C@@H](C)NC(=O)[C@@H](Cc1ccccc1)N(Cc1cccc(Cl)c1)C(=O)CN(c1cccc([N+](=O)[O-])c1)S(C)(=O)=O. The van der Waals surface area contributed by atoms with Crippen molar-refractivity contribution in [1.82, 2.24) is 10.2 Å². The molecule has 2 atom stereocenters. The van der Waals surface area contributed by atoms with Gasteiger partial charge in [-0.25, -0.2) is 8.42 Å². The molecule has 12 heteroatoms. The second kappa shape index (κ2) is 14.1. The van der Waals surface area contributed by atoms with Gasteiger partial charge in [-0.05, 0) is 42.7 Å². The Morgan fingerprint density at radius 1 is 1.00 bits per heavy atom. The maximum absolute atomic E-state index is 14.0. The lowest BCUT2D eigenvalue weighted by molar-refractivity contribution is -0.384. The number of nitro benzene ring substituents is 1. The summed E-state index contributed by atoms with van der Waals surface area (Å²) in [5.74, 6) is -1.05. The molecule has 218 valence electrons. The smallest absolute Gasteiger partial charge is 0.271 e. The average molecular weight is 601 g/mol. The Morgan fingerprint density at radius 2 is 1.66 bits per heavy atom. The highest BCUT2D eigenvalue weighted by molar-refractivity contribution is 7.92. The fourth-order valence-corrected chi connectivity index (χ4v) is 5.26. The fraction of sp³-hybridized carbons (Fsp3) is 0.310. The highest BCUT2D eigenvalue weighted by Crippen LogP contribution is 2.24. The Kier molecular flexibility index (Phi) is 10.8. The number of anilines is 1. The summed E-state index contributed by atoms with van der Waals surface area (Å²) in [7, 11) is -4.05. The van der Waals surface area contributed by atoms with E-state index >= 15 is 0 Å². The molecule has 0 aromatic heterocycles. The first-order valence-corrected chi connectivity index (χ1v) is 15.2. The van der Waals surface area contributed by atoms with Gasteiger partial charge in [0.15, 0.2) is 0 Å². The van der Waals surface area contributed by atoms with Crippen LogP contribution in [0.25, 0.3) is 0 Å². The Labute approximate surface area is 245 Å². The van der Waals surface area contributed by atoms with Gasteiger partial charge in [-0.15, -0.1) is 0 Å². The van der Waals surface area contributed by atoms with Crippen molar-refractivity contribution in [2.24, 2.45) is 0 Å². The summed E-state index contributed by atoms with van der Waals surface area (Å²) in [6.07, 6.45) is 1.75. The number of benzene rings is 3. The van der Waals surface area contributed by atoms with Crippen molar-refractivity contribution in [2.45, 2.75) is 45.3 Å². The number of sulfonamides is 1. The number of non-ortho nitro benzene ring substituents is 1. The van der Waals surface area contributed by atoms with Crippen LogP contribution < -0.4 is 9.62 Å². The van der Waals surface area contributed by atoms with Gasteiger partial charge in [0, 0.05) is 36.2 Å². The van der Waals surface area contributed by atoms with Crippen molar-refractivity contribution in [1.29, 1.82) is 0 Å². The number of carbonyl (C=O) groups is 2. The predicted octanol–water partition coefficient (Wildman–Crippen LogP) is 4.57. The molecule has 10 nitrogen and oxygen atoms in total. The van der Waals surface area contributed by atoms with Crippen molar-refractivity contribution < 1.29 is 22.9 Å². The number of nitro groups is 1. The monoisotopic (exact) mass is 600 g/mol. The number of hydrogen-bond donors (Lipinski definition) is 1. The van der Waals surface area contributed by atoms with Crippen LogP contribution in [0.4, 0.5) is 11.4 Å². The van der Waals surface area contributed by atoms with Crippen LogP contribution in [0, 0.1) is 10.1 Å². The van der Waals surface area contributed by atoms with E-state index in [2.05, 4.69) is 5.32 Å². The Morgan fingerprint density at radius 3 is 2.27 bits per heavy atom. The first-order valence-electron chi connectivity index (χ1n) is 13.0. The molecule has 3 aromatic rings. The molecule has 0 bridgehead atoms. The first kappa shape index (κ1) is 31.6. The van der Waals surface area contributed by atoms with Crippen LogP contribution in [0.1, 0.15) is 31.4 Å². The van der Waals surface area contributed by atoms with E-state index in [4.69, 9.17) is 11.6 Å². The maximum Gasteiger partial charge on any atom is 0.271 e. The lowest BCUT2D eigenvalue weighted by atomic mass is 10.0. The number of rotatable bonds is 13. The van der Waals surface area contributed by atoms with E-state index in [0.717, 1.165) is 22.2 Å². The molecule has 2 amide bonds. The van der Waals surface area contributed by atoms with Crippen molar-refractivity contribution in [2.75, 3.05) is 17.1 Å². The van der Waals surface area contributed by atoms with Crippen LogP contribution in [0.2, 0.25) is 5.02 Å². The molecule has 0 spiro atoms. The van der Waals surface area contributed by atoms with Gasteiger partial charge in [0.2, 0.25) is 21.8 Å². The number of nitrogens with one attached hydrogen (secondary N) is 1. The summed E-state index contributed by atoms with van der Waals surface area (Å²) in [4.78, 5) is 39.7. The molecule has 0 unspecified atom stereocenters. The normalized spacial score (nSPS) is 12.7. The molecule has 0 heterocycles. The molecule has 41 heavy (non-hydrogen) atoms. The van der Waals surface area contributed by atoms with Gasteiger partial charge in [-0.3, -0.25) is 24.0 Å². The molecule has 1 N–H and O–H groups in total. The average Bonchev–Trinajstić information content (AvgIpc) is 2.93. The molecule has 0 aliphatic carbocycles. The molecule has 0 saturated heterocycles. The van der Waals surface area contributed by atoms with Crippen molar-refractivity contribution in [3.05, 3.63) is 105 Å². The summed E-state index contributed by atoms with van der Waals surface area (Å²) < 4.78 is 26.5. The zero-order valence-electron chi connectivity index (χ0n) is 23.1. The largest absolute Gasteiger partial charge is 0.352 e. The quantitative estimate of drug-likeness (QED) is 0.226. The Bertz CT molecular complexity index is 1490. The van der Waals surface area contributed by atoms with Crippen LogP contribution in [0.15, 0.2) is 78.9 Å². The van der Waals surface area contributed by atoms with E-state index < -0.39 is 33.4 Å². The number of amides is 2. The molecule has 0 radical (unpaired) electrons. The van der Waals surface area contributed by atoms with E-state index in [9.17, 15) is 28.1 Å². The minimum atomic E-state index is -4.05. The zero-order chi connectivity index (χ0) is 30.2. The molecule has 3 rings (SSSR count). The number of nitrogens with zero attached hydrogens (tertiary/aromatic N) is 3. The number of hydrogen-bond acceptors (Lipinski definition) is 6. The molecule has 0 aliphatic heterocycles. The van der Waals surface area contributed by atoms with Crippen LogP contribution in [0.5, 0.6) is 0 Å². The second-order valence-electron chi connectivity index (χ2n) is 9.72. The topological polar surface area (TPSA) is 130 Å². The van der Waals surface area contributed by atoms with E-state index in [-0.39, 0.29) is 36.3 Å². The third-order valence-electron chi connectivity index (χ3n) is 6.52. The Balaban J connectivity index is 2.08. The molecule has 0 fully saturated rings. The summed E-state index contributed by atoms with van der Waals surface area (Å²) in [5, 5.41) is 14.7. The van der Waals surface area contributed by atoms with E-state index in [1.807, 2.05) is 44.2 Å². The van der Waals surface area contributed by atoms with E-state index in [1.54, 1.807) is 24.3 Å². The summed E-state index contributed by atoms with van der Waals surface area (Å²) in [5.41, 5.74) is 1.08. The molecular weight excluding hydrogens is 568 g/mol. The third kappa shape index (κ3) is 9.02. The standard InChI is InChI=1S/C29H33ClN4O6S/c1-4-21(2)31-29(36)27(17-22-10-6-5-7-11-22)32(19-23-12-8-13-24(30)16-23)28(35)20-33(41(3,39)40)25-14-9-15-26(18-25)34(37)38/h5-16,18,21,27H,4,17,19-20H2,1-3H3,(H,31,36)/t21-,27-/m1/s1. The number of carbonyl (C=O) groups excluding carboxylic acids is 2. The van der Waals surface area contributed by atoms with Gasteiger partial charge < -0.3 is 10.2 Å². The van der Waals surface area contributed by atoms with Crippen LogP contribution in [0.3, 0.4) is 0 Å². The second-order valence-corrected chi connectivity index (χ2v) is 12.1. The maximum atomic E-state index is 14.0. The highest BCUT2D eigenvalue weighted by Gasteiger charge is 2.33. The van der Waals surface area contributed by atoms with Gasteiger partial charge in [0.1, 0.15) is 12.6 Å². The minimum absolute atomic E-state index is 0.0304. The van der Waals surface area contributed by atoms with Crippen molar-refractivity contribution in [3.63, 3.8) is 0 Å². The van der Waals surface area contributed by atoms with Gasteiger partial charge in [0.05, 0.1) is 16.9 Å². The van der Waals surface area contributed by atoms with Gasteiger partial charge in [-0.1, -0.05) is 67.1 Å². The van der Waals surface area contributed by atoms with Crippen molar-refractivity contribution >= 4 is 44.8 Å². The first-order chi connectivity index (χ1) is 19.4. The van der Waals surface area contributed by atoms with Gasteiger partial charge >= 0.3 is 0 Å². The summed E-state index contributed by atoms with van der Waals surface area (Å²) >= 11 is 6.21. The van der Waals surface area contributed by atoms with Crippen molar-refractivity contribution in [3.8, 4) is 0 Å². The van der Waals surface area contributed by atoms with Crippen LogP contribution >= 0.6 is 11.6 Å². The molecule has 0 saturated carbocycles. The van der Waals surface area contributed by atoms with Crippen LogP contribution in [-0.2, 0) is 32.6 Å². The van der Waals surface area contributed by atoms with Gasteiger partial charge in [-0.2, -0.15) is 0 Å².